The van der Waals surface area contributed by atoms with Crippen molar-refractivity contribution in [1.29, 1.82) is 0 Å². The third kappa shape index (κ3) is 4.83. The molecule has 0 aliphatic carbocycles. The first-order valence-electron chi connectivity index (χ1n) is 7.80. The zero-order valence-electron chi connectivity index (χ0n) is 13.6. The van der Waals surface area contributed by atoms with Crippen LogP contribution in [-0.2, 0) is 6.61 Å². The number of carbonyl (C=O) groups excluding carboxylic acids is 1. The molecule has 4 heteroatoms. The number of benzene rings is 2. The first kappa shape index (κ1) is 17.0. The van der Waals surface area contributed by atoms with Gasteiger partial charge in [-0.2, -0.15) is 0 Å². The van der Waals surface area contributed by atoms with E-state index in [1.807, 2.05) is 50.2 Å². The fourth-order valence-electron chi connectivity index (χ4n) is 2.27. The molecule has 0 fully saturated rings. The van der Waals surface area contributed by atoms with Gasteiger partial charge in [-0.25, -0.2) is 0 Å². The number of ether oxygens (including phenoxy) is 1. The quantitative estimate of drug-likeness (QED) is 0.826. The number of aryl methyl sites for hydroxylation is 1. The van der Waals surface area contributed by atoms with Gasteiger partial charge in [-0.1, -0.05) is 36.4 Å². The summed E-state index contributed by atoms with van der Waals surface area (Å²) in [5.74, 6) is 0.371. The van der Waals surface area contributed by atoms with Crippen molar-refractivity contribution in [2.24, 2.45) is 0 Å². The van der Waals surface area contributed by atoms with Crippen LogP contribution >= 0.6 is 0 Å². The molecule has 23 heavy (non-hydrogen) atoms. The Balaban J connectivity index is 2.08. The molecular formula is C19H23NO3. The van der Waals surface area contributed by atoms with Crippen molar-refractivity contribution in [2.75, 3.05) is 6.61 Å². The van der Waals surface area contributed by atoms with Gasteiger partial charge in [0.2, 0.25) is 0 Å². The number of para-hydroxylation sites is 1. The first-order valence-corrected chi connectivity index (χ1v) is 7.80. The lowest BCUT2D eigenvalue weighted by Gasteiger charge is -2.15. The summed E-state index contributed by atoms with van der Waals surface area (Å²) in [6.45, 7) is 4.37. The molecule has 2 N–H and O–H groups in total. The van der Waals surface area contributed by atoms with Crippen LogP contribution in [-0.4, -0.2) is 23.7 Å². The number of aliphatic hydroxyl groups excluding tert-OH is 1. The van der Waals surface area contributed by atoms with Crippen LogP contribution in [0, 0.1) is 6.92 Å². The highest BCUT2D eigenvalue weighted by atomic mass is 16.5. The van der Waals surface area contributed by atoms with Crippen LogP contribution in [0.15, 0.2) is 48.5 Å². The van der Waals surface area contributed by atoms with E-state index >= 15 is 0 Å². The van der Waals surface area contributed by atoms with E-state index in [2.05, 4.69) is 5.32 Å². The highest BCUT2D eigenvalue weighted by Gasteiger charge is 2.14. The predicted molar refractivity (Wildman–Crippen MR) is 90.6 cm³/mol. The van der Waals surface area contributed by atoms with Crippen LogP contribution in [0.1, 0.15) is 34.8 Å². The van der Waals surface area contributed by atoms with Crippen LogP contribution in [0.2, 0.25) is 0 Å². The number of carbonyl (C=O) groups is 1. The minimum Gasteiger partial charge on any atom is -0.488 e. The average Bonchev–Trinajstić information content (AvgIpc) is 2.54. The van der Waals surface area contributed by atoms with Crippen LogP contribution in [0.25, 0.3) is 0 Å². The Hall–Kier alpha value is -2.33. The molecule has 122 valence electrons. The van der Waals surface area contributed by atoms with Gasteiger partial charge >= 0.3 is 0 Å². The zero-order valence-corrected chi connectivity index (χ0v) is 13.6. The maximum absolute atomic E-state index is 12.4. The third-order valence-electron chi connectivity index (χ3n) is 3.72. The van der Waals surface area contributed by atoms with Crippen molar-refractivity contribution in [1.82, 2.24) is 5.32 Å². The fraction of sp³-hybridized carbons (Fsp3) is 0.316. The SMILES string of the molecule is Cc1ccccc1COc1ccccc1C(=O)N[C@H](C)CCO. The Labute approximate surface area is 137 Å². The molecule has 4 nitrogen and oxygen atoms in total. The molecule has 0 saturated carbocycles. The lowest BCUT2D eigenvalue weighted by Crippen LogP contribution is -2.33. The van der Waals surface area contributed by atoms with E-state index < -0.39 is 0 Å². The van der Waals surface area contributed by atoms with Crippen LogP contribution in [0.4, 0.5) is 0 Å². The van der Waals surface area contributed by atoms with Crippen LogP contribution in [0.3, 0.4) is 0 Å². The van der Waals surface area contributed by atoms with Gasteiger partial charge in [0, 0.05) is 12.6 Å². The van der Waals surface area contributed by atoms with Gasteiger partial charge in [0.15, 0.2) is 0 Å². The summed E-state index contributed by atoms with van der Waals surface area (Å²) in [4.78, 5) is 12.4. The minimum absolute atomic E-state index is 0.0485. The number of hydrogen-bond acceptors (Lipinski definition) is 3. The zero-order chi connectivity index (χ0) is 16.7. The molecular weight excluding hydrogens is 290 g/mol. The molecule has 0 aromatic heterocycles. The maximum Gasteiger partial charge on any atom is 0.255 e. The molecule has 1 atom stereocenters. The number of hydrogen-bond donors (Lipinski definition) is 2. The van der Waals surface area contributed by atoms with Crippen molar-refractivity contribution < 1.29 is 14.6 Å². The summed E-state index contributed by atoms with van der Waals surface area (Å²) in [6, 6.07) is 15.1. The third-order valence-corrected chi connectivity index (χ3v) is 3.72. The van der Waals surface area contributed by atoms with Crippen LogP contribution in [0.5, 0.6) is 5.75 Å². The van der Waals surface area contributed by atoms with Gasteiger partial charge in [0.25, 0.3) is 5.91 Å². The van der Waals surface area contributed by atoms with E-state index in [1.54, 1.807) is 12.1 Å². The molecule has 2 aromatic carbocycles. The number of rotatable bonds is 7. The summed E-state index contributed by atoms with van der Waals surface area (Å²) < 4.78 is 5.86. The van der Waals surface area contributed by atoms with Gasteiger partial charge in [-0.05, 0) is 43.5 Å². The van der Waals surface area contributed by atoms with E-state index in [0.29, 0.717) is 24.3 Å². The van der Waals surface area contributed by atoms with Gasteiger partial charge < -0.3 is 15.2 Å². The molecule has 0 aliphatic rings. The summed E-state index contributed by atoms with van der Waals surface area (Å²) >= 11 is 0. The lowest BCUT2D eigenvalue weighted by molar-refractivity contribution is 0.0930. The van der Waals surface area contributed by atoms with Crippen molar-refractivity contribution in [2.45, 2.75) is 32.9 Å². The average molecular weight is 313 g/mol. The standard InChI is InChI=1S/C19H23NO3/c1-14-7-3-4-8-16(14)13-23-18-10-6-5-9-17(18)19(22)20-15(2)11-12-21/h3-10,15,21H,11-13H2,1-2H3,(H,20,22)/t15-/m1/s1. The fourth-order valence-corrected chi connectivity index (χ4v) is 2.27. The smallest absolute Gasteiger partial charge is 0.255 e. The van der Waals surface area contributed by atoms with Gasteiger partial charge in [-0.3, -0.25) is 4.79 Å². The van der Waals surface area contributed by atoms with Crippen molar-refractivity contribution in [3.63, 3.8) is 0 Å². The normalized spacial score (nSPS) is 11.8. The van der Waals surface area contributed by atoms with Crippen molar-refractivity contribution >= 4 is 5.91 Å². The second-order valence-corrected chi connectivity index (χ2v) is 5.60. The molecule has 1 amide bonds. The monoisotopic (exact) mass is 313 g/mol. The topological polar surface area (TPSA) is 58.6 Å². The molecule has 0 aliphatic heterocycles. The Bertz CT molecular complexity index is 655. The van der Waals surface area contributed by atoms with Gasteiger partial charge in [-0.15, -0.1) is 0 Å². The Kier molecular flexibility index (Phi) is 6.18. The highest BCUT2D eigenvalue weighted by molar-refractivity contribution is 5.97. The van der Waals surface area contributed by atoms with Crippen molar-refractivity contribution in [3.05, 3.63) is 65.2 Å². The lowest BCUT2D eigenvalue weighted by atomic mass is 10.1. The first-order chi connectivity index (χ1) is 11.1. The summed E-state index contributed by atoms with van der Waals surface area (Å²) in [7, 11) is 0. The Morgan fingerprint density at radius 3 is 2.61 bits per heavy atom. The summed E-state index contributed by atoms with van der Waals surface area (Å²) in [5, 5.41) is 11.8. The largest absolute Gasteiger partial charge is 0.488 e. The number of amides is 1. The maximum atomic E-state index is 12.4. The molecule has 2 aromatic rings. The van der Waals surface area contributed by atoms with E-state index in [9.17, 15) is 4.79 Å². The molecule has 0 heterocycles. The predicted octanol–water partition coefficient (Wildman–Crippen LogP) is 3.07. The van der Waals surface area contributed by atoms with E-state index in [-0.39, 0.29) is 18.6 Å². The molecule has 0 spiro atoms. The van der Waals surface area contributed by atoms with Gasteiger partial charge in [0.05, 0.1) is 5.56 Å². The number of nitrogens with one attached hydrogen (secondary N) is 1. The van der Waals surface area contributed by atoms with Crippen molar-refractivity contribution in [3.8, 4) is 5.75 Å². The molecule has 0 unspecified atom stereocenters. The van der Waals surface area contributed by atoms with Crippen LogP contribution < -0.4 is 10.1 Å². The minimum atomic E-state index is -0.189. The van der Waals surface area contributed by atoms with E-state index in [1.165, 1.54) is 0 Å². The molecule has 2 rings (SSSR count). The second-order valence-electron chi connectivity index (χ2n) is 5.60. The van der Waals surface area contributed by atoms with Gasteiger partial charge in [0.1, 0.15) is 12.4 Å². The molecule has 0 radical (unpaired) electrons. The highest BCUT2D eigenvalue weighted by Crippen LogP contribution is 2.20. The van der Waals surface area contributed by atoms with E-state index in [0.717, 1.165) is 11.1 Å². The Morgan fingerprint density at radius 1 is 1.17 bits per heavy atom. The van der Waals surface area contributed by atoms with E-state index in [4.69, 9.17) is 9.84 Å². The summed E-state index contributed by atoms with van der Waals surface area (Å²) in [5.41, 5.74) is 2.76. The molecule has 0 saturated heterocycles. The molecule has 0 bridgehead atoms. The second kappa shape index (κ2) is 8.34. The summed E-state index contributed by atoms with van der Waals surface area (Å²) in [6.07, 6.45) is 0.526. The Morgan fingerprint density at radius 2 is 1.87 bits per heavy atom. The number of aliphatic hydroxyl groups is 1.